The molecule has 3 rings (SSSR count). The van der Waals surface area contributed by atoms with E-state index in [4.69, 9.17) is 4.74 Å². The van der Waals surface area contributed by atoms with E-state index in [0.29, 0.717) is 18.4 Å². The molecular weight excluding hydrogens is 278 g/mol. The van der Waals surface area contributed by atoms with E-state index in [0.717, 1.165) is 43.3 Å². The van der Waals surface area contributed by atoms with Crippen LogP contribution in [0.15, 0.2) is 24.7 Å². The van der Waals surface area contributed by atoms with Gasteiger partial charge in [0.2, 0.25) is 11.8 Å². The summed E-state index contributed by atoms with van der Waals surface area (Å²) in [6, 6.07) is 1.92. The first kappa shape index (κ1) is 14.7. The molecule has 116 valence electrons. The first-order valence-corrected chi connectivity index (χ1v) is 7.67. The Labute approximate surface area is 130 Å². The zero-order valence-corrected chi connectivity index (χ0v) is 13.1. The summed E-state index contributed by atoms with van der Waals surface area (Å²) in [6.45, 7) is 6.55. The van der Waals surface area contributed by atoms with Crippen molar-refractivity contribution in [3.63, 3.8) is 0 Å². The number of ether oxygens (including phenoxy) is 1. The van der Waals surface area contributed by atoms with Gasteiger partial charge in [-0.1, -0.05) is 0 Å². The predicted octanol–water partition coefficient (Wildman–Crippen LogP) is 2.18. The second-order valence-corrected chi connectivity index (χ2v) is 5.69. The highest BCUT2D eigenvalue weighted by atomic mass is 16.5. The second-order valence-electron chi connectivity index (χ2n) is 5.69. The van der Waals surface area contributed by atoms with Crippen molar-refractivity contribution < 1.29 is 4.74 Å². The van der Waals surface area contributed by atoms with Crippen LogP contribution in [0.2, 0.25) is 0 Å². The van der Waals surface area contributed by atoms with Crippen molar-refractivity contribution in [2.75, 3.05) is 24.6 Å². The molecule has 0 amide bonds. The smallest absolute Gasteiger partial charge is 0.235 e. The molecule has 22 heavy (non-hydrogen) atoms. The molecule has 1 aliphatic heterocycles. The average Bonchev–Trinajstić information content (AvgIpc) is 2.55. The summed E-state index contributed by atoms with van der Waals surface area (Å²) in [6.07, 6.45) is 7.33. The topological polar surface area (TPSA) is 64.0 Å². The first-order chi connectivity index (χ1) is 10.7. The van der Waals surface area contributed by atoms with Gasteiger partial charge in [0.05, 0.1) is 12.3 Å². The maximum atomic E-state index is 5.81. The highest BCUT2D eigenvalue weighted by molar-refractivity contribution is 5.30. The molecule has 1 aliphatic rings. The maximum Gasteiger partial charge on any atom is 0.235 e. The lowest BCUT2D eigenvalue weighted by Crippen LogP contribution is -2.36. The van der Waals surface area contributed by atoms with E-state index in [2.05, 4.69) is 24.8 Å². The van der Waals surface area contributed by atoms with Crippen molar-refractivity contribution in [2.45, 2.75) is 26.7 Å². The summed E-state index contributed by atoms with van der Waals surface area (Å²) < 4.78 is 5.81. The third-order valence-corrected chi connectivity index (χ3v) is 3.97. The van der Waals surface area contributed by atoms with Crippen molar-refractivity contribution in [3.05, 3.63) is 36.0 Å². The standard InChI is InChI=1S/C16H21N5O/c1-12-3-6-19-16(20-12)21-9-4-14(5-10-21)11-22-15-13(2)17-7-8-18-15/h3,6-8,14H,4-5,9-11H2,1-2H3. The third-order valence-electron chi connectivity index (χ3n) is 3.97. The first-order valence-electron chi connectivity index (χ1n) is 7.67. The van der Waals surface area contributed by atoms with Crippen LogP contribution >= 0.6 is 0 Å². The molecule has 0 radical (unpaired) electrons. The van der Waals surface area contributed by atoms with Gasteiger partial charge in [-0.15, -0.1) is 0 Å². The second kappa shape index (κ2) is 6.68. The van der Waals surface area contributed by atoms with E-state index < -0.39 is 0 Å². The summed E-state index contributed by atoms with van der Waals surface area (Å²) in [5.74, 6) is 2.03. The molecule has 2 aromatic rings. The Morgan fingerprint density at radius 2 is 1.86 bits per heavy atom. The zero-order valence-electron chi connectivity index (χ0n) is 13.1. The van der Waals surface area contributed by atoms with Crippen molar-refractivity contribution in [1.29, 1.82) is 0 Å². The molecule has 0 unspecified atom stereocenters. The van der Waals surface area contributed by atoms with Crippen molar-refractivity contribution >= 4 is 5.95 Å². The Kier molecular flexibility index (Phi) is 4.46. The number of aromatic nitrogens is 4. The number of aryl methyl sites for hydroxylation is 2. The minimum atomic E-state index is 0.544. The van der Waals surface area contributed by atoms with Gasteiger partial charge in [0.25, 0.3) is 0 Å². The maximum absolute atomic E-state index is 5.81. The molecule has 6 heteroatoms. The van der Waals surface area contributed by atoms with E-state index in [1.807, 2.05) is 26.1 Å². The van der Waals surface area contributed by atoms with Crippen LogP contribution in [0.1, 0.15) is 24.2 Å². The van der Waals surface area contributed by atoms with Gasteiger partial charge >= 0.3 is 0 Å². The Morgan fingerprint density at radius 1 is 1.09 bits per heavy atom. The van der Waals surface area contributed by atoms with Gasteiger partial charge in [-0.3, -0.25) is 4.98 Å². The van der Waals surface area contributed by atoms with E-state index >= 15 is 0 Å². The van der Waals surface area contributed by atoms with Crippen molar-refractivity contribution in [1.82, 2.24) is 19.9 Å². The highest BCUT2D eigenvalue weighted by Crippen LogP contribution is 2.22. The van der Waals surface area contributed by atoms with Crippen molar-refractivity contribution in [3.8, 4) is 5.88 Å². The van der Waals surface area contributed by atoms with E-state index in [1.165, 1.54) is 0 Å². The molecule has 0 bridgehead atoms. The predicted molar refractivity (Wildman–Crippen MR) is 84.0 cm³/mol. The lowest BCUT2D eigenvalue weighted by Gasteiger charge is -2.31. The van der Waals surface area contributed by atoms with E-state index in [9.17, 15) is 0 Å². The van der Waals surface area contributed by atoms with Crippen LogP contribution in [-0.4, -0.2) is 39.6 Å². The largest absolute Gasteiger partial charge is 0.476 e. The van der Waals surface area contributed by atoms with Crippen LogP contribution in [0.5, 0.6) is 5.88 Å². The van der Waals surface area contributed by atoms with Crippen molar-refractivity contribution in [2.24, 2.45) is 5.92 Å². The molecular formula is C16H21N5O. The Balaban J connectivity index is 1.51. The Morgan fingerprint density at radius 3 is 2.59 bits per heavy atom. The molecule has 0 atom stereocenters. The molecule has 0 N–H and O–H groups in total. The number of nitrogens with zero attached hydrogens (tertiary/aromatic N) is 5. The summed E-state index contributed by atoms with van der Waals surface area (Å²) in [4.78, 5) is 19.5. The van der Waals surface area contributed by atoms with Gasteiger partial charge in [0.1, 0.15) is 0 Å². The lowest BCUT2D eigenvalue weighted by molar-refractivity contribution is 0.213. The monoisotopic (exact) mass is 299 g/mol. The van der Waals surface area contributed by atoms with Crippen LogP contribution in [0.25, 0.3) is 0 Å². The number of hydrogen-bond acceptors (Lipinski definition) is 6. The third kappa shape index (κ3) is 3.50. The van der Waals surface area contributed by atoms with Crippen LogP contribution in [0.3, 0.4) is 0 Å². The SMILES string of the molecule is Cc1ccnc(N2CCC(COc3nccnc3C)CC2)n1. The molecule has 2 aromatic heterocycles. The fourth-order valence-electron chi connectivity index (χ4n) is 2.62. The fourth-order valence-corrected chi connectivity index (χ4v) is 2.62. The number of piperidine rings is 1. The summed E-state index contributed by atoms with van der Waals surface area (Å²) >= 11 is 0. The summed E-state index contributed by atoms with van der Waals surface area (Å²) in [7, 11) is 0. The number of rotatable bonds is 4. The Bertz CT molecular complexity index is 625. The number of hydrogen-bond donors (Lipinski definition) is 0. The van der Waals surface area contributed by atoms with Gasteiger partial charge < -0.3 is 9.64 Å². The fraction of sp³-hybridized carbons (Fsp3) is 0.500. The van der Waals surface area contributed by atoms with Crippen LogP contribution in [-0.2, 0) is 0 Å². The molecule has 0 spiro atoms. The van der Waals surface area contributed by atoms with Gasteiger partial charge in [0, 0.05) is 37.4 Å². The zero-order chi connectivity index (χ0) is 15.4. The molecule has 0 saturated carbocycles. The summed E-state index contributed by atoms with van der Waals surface area (Å²) in [5, 5.41) is 0. The van der Waals surface area contributed by atoms with E-state index in [-0.39, 0.29) is 0 Å². The minimum absolute atomic E-state index is 0.544. The molecule has 0 aliphatic carbocycles. The van der Waals surface area contributed by atoms with E-state index in [1.54, 1.807) is 12.4 Å². The van der Waals surface area contributed by atoms with Gasteiger partial charge in [0.15, 0.2) is 0 Å². The minimum Gasteiger partial charge on any atom is -0.476 e. The lowest BCUT2D eigenvalue weighted by atomic mass is 9.98. The van der Waals surface area contributed by atoms with Gasteiger partial charge in [-0.05, 0) is 38.7 Å². The molecule has 0 aromatic carbocycles. The van der Waals surface area contributed by atoms with Gasteiger partial charge in [-0.25, -0.2) is 15.0 Å². The quantitative estimate of drug-likeness (QED) is 0.862. The molecule has 6 nitrogen and oxygen atoms in total. The van der Waals surface area contributed by atoms with Crippen LogP contribution < -0.4 is 9.64 Å². The van der Waals surface area contributed by atoms with Crippen LogP contribution in [0.4, 0.5) is 5.95 Å². The summed E-state index contributed by atoms with van der Waals surface area (Å²) in [5.41, 5.74) is 1.85. The van der Waals surface area contributed by atoms with Gasteiger partial charge in [-0.2, -0.15) is 0 Å². The number of anilines is 1. The average molecular weight is 299 g/mol. The molecule has 1 saturated heterocycles. The molecule has 1 fully saturated rings. The normalized spacial score (nSPS) is 15.8. The highest BCUT2D eigenvalue weighted by Gasteiger charge is 2.21. The Hall–Kier alpha value is -2.24. The van der Waals surface area contributed by atoms with Crippen LogP contribution in [0, 0.1) is 19.8 Å². The molecule has 3 heterocycles.